The maximum Gasteiger partial charge on any atom is 0.324 e. The highest BCUT2D eigenvalue weighted by Gasteiger charge is 2.63. The predicted octanol–water partition coefficient (Wildman–Crippen LogP) is 3.04. The SMILES string of the molecule is CSc1ccc2c(c1)C(=O)C(C(=O)O)(C(F)F)C2C. The molecule has 3 nitrogen and oxygen atoms in total. The number of carbonyl (C=O) groups is 2. The van der Waals surface area contributed by atoms with Crippen LogP contribution in [-0.2, 0) is 4.79 Å². The number of ketones is 1. The Morgan fingerprint density at radius 3 is 2.58 bits per heavy atom. The van der Waals surface area contributed by atoms with E-state index in [1.165, 1.54) is 24.8 Å². The molecule has 0 spiro atoms. The zero-order valence-corrected chi connectivity index (χ0v) is 11.1. The van der Waals surface area contributed by atoms with Gasteiger partial charge in [-0.15, -0.1) is 11.8 Å². The number of carboxylic acid groups (broad SMARTS) is 1. The molecule has 1 aromatic rings. The minimum Gasteiger partial charge on any atom is -0.480 e. The van der Waals surface area contributed by atoms with E-state index in [1.807, 2.05) is 0 Å². The van der Waals surface area contributed by atoms with Crippen molar-refractivity contribution in [3.8, 4) is 0 Å². The molecule has 0 aliphatic heterocycles. The van der Waals surface area contributed by atoms with Gasteiger partial charge in [-0.3, -0.25) is 9.59 Å². The van der Waals surface area contributed by atoms with Crippen molar-refractivity contribution >= 4 is 23.5 Å². The Balaban J connectivity index is 2.66. The van der Waals surface area contributed by atoms with Gasteiger partial charge in [-0.25, -0.2) is 8.78 Å². The molecule has 0 amide bonds. The number of alkyl halides is 2. The fourth-order valence-electron chi connectivity index (χ4n) is 2.57. The third-order valence-electron chi connectivity index (χ3n) is 3.73. The maximum absolute atomic E-state index is 13.3. The van der Waals surface area contributed by atoms with Gasteiger partial charge in [-0.1, -0.05) is 13.0 Å². The van der Waals surface area contributed by atoms with Crippen LogP contribution in [0.25, 0.3) is 0 Å². The number of carboxylic acids is 1. The molecule has 0 bridgehead atoms. The van der Waals surface area contributed by atoms with E-state index in [0.717, 1.165) is 4.90 Å². The number of benzene rings is 1. The van der Waals surface area contributed by atoms with Crippen LogP contribution in [0.1, 0.15) is 28.8 Å². The van der Waals surface area contributed by atoms with Crippen LogP contribution in [0.4, 0.5) is 8.78 Å². The average molecular weight is 286 g/mol. The zero-order chi connectivity index (χ0) is 14.4. The van der Waals surface area contributed by atoms with Gasteiger partial charge < -0.3 is 5.11 Å². The summed E-state index contributed by atoms with van der Waals surface area (Å²) < 4.78 is 26.6. The second kappa shape index (κ2) is 4.59. The first-order chi connectivity index (χ1) is 8.87. The molecule has 0 aromatic heterocycles. The minimum absolute atomic E-state index is 0.0991. The summed E-state index contributed by atoms with van der Waals surface area (Å²) >= 11 is 1.37. The third-order valence-corrected chi connectivity index (χ3v) is 4.45. The van der Waals surface area contributed by atoms with Crippen molar-refractivity contribution in [2.45, 2.75) is 24.2 Å². The van der Waals surface area contributed by atoms with Gasteiger partial charge in [0.1, 0.15) is 0 Å². The molecule has 0 radical (unpaired) electrons. The van der Waals surface area contributed by atoms with E-state index in [2.05, 4.69) is 0 Å². The lowest BCUT2D eigenvalue weighted by Gasteiger charge is -2.26. The Morgan fingerprint density at radius 2 is 2.11 bits per heavy atom. The smallest absolute Gasteiger partial charge is 0.324 e. The second-order valence-electron chi connectivity index (χ2n) is 4.48. The molecular weight excluding hydrogens is 274 g/mol. The highest BCUT2D eigenvalue weighted by Crippen LogP contribution is 2.51. The van der Waals surface area contributed by atoms with Crippen molar-refractivity contribution < 1.29 is 23.5 Å². The number of halogens is 2. The summed E-state index contributed by atoms with van der Waals surface area (Å²) in [6.45, 7) is 1.36. The molecule has 0 heterocycles. The van der Waals surface area contributed by atoms with Crippen LogP contribution in [0.3, 0.4) is 0 Å². The van der Waals surface area contributed by atoms with Gasteiger partial charge in [-0.05, 0) is 24.0 Å². The van der Waals surface area contributed by atoms with Crippen molar-refractivity contribution in [1.82, 2.24) is 0 Å². The van der Waals surface area contributed by atoms with Gasteiger partial charge in [0.15, 0.2) is 11.2 Å². The van der Waals surface area contributed by atoms with Crippen LogP contribution in [0, 0.1) is 5.41 Å². The van der Waals surface area contributed by atoms with Crippen LogP contribution in [0.15, 0.2) is 23.1 Å². The Labute approximate surface area is 113 Å². The van der Waals surface area contributed by atoms with E-state index in [1.54, 1.807) is 18.4 Å². The van der Waals surface area contributed by atoms with E-state index in [-0.39, 0.29) is 5.56 Å². The fourth-order valence-corrected chi connectivity index (χ4v) is 3.00. The standard InChI is InChI=1S/C13H12F2O3S/c1-6-8-4-3-7(19-2)5-9(8)10(16)13(6,11(14)15)12(17)18/h3-6,11H,1-2H3,(H,17,18). The average Bonchev–Trinajstić information content (AvgIpc) is 2.59. The number of carbonyl (C=O) groups excluding carboxylic acids is 1. The lowest BCUT2D eigenvalue weighted by molar-refractivity contribution is -0.155. The predicted molar refractivity (Wildman–Crippen MR) is 67.0 cm³/mol. The summed E-state index contributed by atoms with van der Waals surface area (Å²) in [5, 5.41) is 9.17. The van der Waals surface area contributed by atoms with Gasteiger partial charge in [0.25, 0.3) is 6.43 Å². The summed E-state index contributed by atoms with van der Waals surface area (Å²) in [6, 6.07) is 4.76. The molecule has 0 saturated carbocycles. The first-order valence-corrected chi connectivity index (χ1v) is 6.84. The second-order valence-corrected chi connectivity index (χ2v) is 5.36. The molecule has 2 unspecified atom stereocenters. The van der Waals surface area contributed by atoms with Crippen LogP contribution >= 0.6 is 11.8 Å². The van der Waals surface area contributed by atoms with Crippen LogP contribution in [0.2, 0.25) is 0 Å². The number of fused-ring (bicyclic) bond motifs is 1. The molecule has 0 saturated heterocycles. The normalized spacial score (nSPS) is 25.7. The van der Waals surface area contributed by atoms with Gasteiger partial charge in [0.05, 0.1) is 0 Å². The minimum atomic E-state index is -3.24. The molecule has 6 heteroatoms. The van der Waals surface area contributed by atoms with Crippen molar-refractivity contribution in [2.24, 2.45) is 5.41 Å². The molecule has 102 valence electrons. The molecule has 0 fully saturated rings. The van der Waals surface area contributed by atoms with Crippen molar-refractivity contribution in [3.05, 3.63) is 29.3 Å². The molecular formula is C13H12F2O3S. The van der Waals surface area contributed by atoms with Crippen LogP contribution in [0.5, 0.6) is 0 Å². The van der Waals surface area contributed by atoms with Crippen molar-refractivity contribution in [2.75, 3.05) is 6.26 Å². The van der Waals surface area contributed by atoms with E-state index >= 15 is 0 Å². The summed E-state index contributed by atoms with van der Waals surface area (Å²) in [5.74, 6) is -3.79. The van der Waals surface area contributed by atoms with Crippen LogP contribution < -0.4 is 0 Å². The molecule has 1 aliphatic rings. The van der Waals surface area contributed by atoms with E-state index in [0.29, 0.717) is 5.56 Å². The quantitative estimate of drug-likeness (QED) is 0.685. The van der Waals surface area contributed by atoms with Gasteiger partial charge >= 0.3 is 5.97 Å². The molecule has 1 aliphatic carbocycles. The fraction of sp³-hybridized carbons (Fsp3) is 0.385. The maximum atomic E-state index is 13.3. The lowest BCUT2D eigenvalue weighted by Crippen LogP contribution is -2.45. The summed E-state index contributed by atoms with van der Waals surface area (Å²) in [5.41, 5.74) is -2.17. The first kappa shape index (κ1) is 14.0. The highest BCUT2D eigenvalue weighted by atomic mass is 32.2. The molecule has 1 aromatic carbocycles. The molecule has 2 rings (SSSR count). The largest absolute Gasteiger partial charge is 0.480 e. The van der Waals surface area contributed by atoms with Crippen molar-refractivity contribution in [3.63, 3.8) is 0 Å². The van der Waals surface area contributed by atoms with Crippen LogP contribution in [-0.4, -0.2) is 29.5 Å². The topological polar surface area (TPSA) is 54.4 Å². The highest BCUT2D eigenvalue weighted by molar-refractivity contribution is 7.98. The van der Waals surface area contributed by atoms with E-state index < -0.39 is 29.5 Å². The Bertz CT molecular complexity index is 559. The van der Waals surface area contributed by atoms with Gasteiger partial charge in [0, 0.05) is 16.4 Å². The number of rotatable bonds is 3. The van der Waals surface area contributed by atoms with Gasteiger partial charge in [-0.2, -0.15) is 0 Å². The Morgan fingerprint density at radius 1 is 1.47 bits per heavy atom. The number of hydrogen-bond donors (Lipinski definition) is 1. The Kier molecular flexibility index (Phi) is 3.38. The number of aliphatic carboxylic acids is 1. The first-order valence-electron chi connectivity index (χ1n) is 5.61. The summed E-state index contributed by atoms with van der Waals surface area (Å²) in [4.78, 5) is 24.3. The molecule has 19 heavy (non-hydrogen) atoms. The van der Waals surface area contributed by atoms with Crippen molar-refractivity contribution in [1.29, 1.82) is 0 Å². The number of hydrogen-bond acceptors (Lipinski definition) is 3. The zero-order valence-electron chi connectivity index (χ0n) is 10.3. The third kappa shape index (κ3) is 1.69. The summed E-state index contributed by atoms with van der Waals surface area (Å²) in [6.07, 6.45) is -1.44. The Hall–Kier alpha value is -1.43. The van der Waals surface area contributed by atoms with E-state index in [9.17, 15) is 18.4 Å². The molecule has 2 atom stereocenters. The van der Waals surface area contributed by atoms with Gasteiger partial charge in [0.2, 0.25) is 0 Å². The number of Topliss-reactive ketones (excluding diaryl/α,β-unsaturated/α-hetero) is 1. The lowest BCUT2D eigenvalue weighted by atomic mass is 9.76. The number of thioether (sulfide) groups is 1. The van der Waals surface area contributed by atoms with E-state index in [4.69, 9.17) is 5.11 Å². The summed E-state index contributed by atoms with van der Waals surface area (Å²) in [7, 11) is 0. The monoisotopic (exact) mass is 286 g/mol. The molecule has 1 N–H and O–H groups in total.